The number of aryl methyl sites for hydroxylation is 1. The fourth-order valence-electron chi connectivity index (χ4n) is 4.34. The summed E-state index contributed by atoms with van der Waals surface area (Å²) >= 11 is 0. The fourth-order valence-corrected chi connectivity index (χ4v) is 4.34. The highest BCUT2D eigenvalue weighted by atomic mass is 16.2. The van der Waals surface area contributed by atoms with Gasteiger partial charge in [0, 0.05) is 30.2 Å². The summed E-state index contributed by atoms with van der Waals surface area (Å²) in [5.41, 5.74) is 5.08. The van der Waals surface area contributed by atoms with Gasteiger partial charge in [0.15, 0.2) is 0 Å². The van der Waals surface area contributed by atoms with E-state index in [0.717, 1.165) is 37.2 Å². The Morgan fingerprint density at radius 1 is 1.00 bits per heavy atom. The third kappa shape index (κ3) is 2.74. The van der Waals surface area contributed by atoms with Crippen molar-refractivity contribution in [1.29, 1.82) is 0 Å². The quantitative estimate of drug-likeness (QED) is 0.680. The van der Waals surface area contributed by atoms with Crippen LogP contribution in [0.15, 0.2) is 60.8 Å². The van der Waals surface area contributed by atoms with Crippen LogP contribution in [0.4, 0.5) is 17.3 Å². The predicted octanol–water partition coefficient (Wildman–Crippen LogP) is 4.15. The Morgan fingerprint density at radius 3 is 2.61 bits per heavy atom. The summed E-state index contributed by atoms with van der Waals surface area (Å²) in [7, 11) is 0. The third-order valence-corrected chi connectivity index (χ3v) is 5.64. The summed E-state index contributed by atoms with van der Waals surface area (Å²) in [4.78, 5) is 26.4. The lowest BCUT2D eigenvalue weighted by molar-refractivity contribution is 0.0980. The molecule has 5 heteroatoms. The minimum atomic E-state index is -0.0593. The molecule has 1 amide bonds. The van der Waals surface area contributed by atoms with Crippen LogP contribution >= 0.6 is 0 Å². The molecule has 0 radical (unpaired) electrons. The number of carbonyl (C=O) groups is 1. The Bertz CT molecular complexity index is 1050. The Kier molecular flexibility index (Phi) is 4.08. The Hall–Kier alpha value is -3.21. The molecule has 3 aromatic rings. The van der Waals surface area contributed by atoms with Crippen molar-refractivity contribution in [2.45, 2.75) is 32.2 Å². The molecule has 0 bridgehead atoms. The minimum Gasteiger partial charge on any atom is -0.307 e. The second-order valence-electron chi connectivity index (χ2n) is 7.48. The number of carbonyl (C=O) groups excluding carboxylic acids is 1. The Labute approximate surface area is 164 Å². The van der Waals surface area contributed by atoms with Crippen LogP contribution in [0.2, 0.25) is 0 Å². The van der Waals surface area contributed by atoms with Gasteiger partial charge < -0.3 is 9.80 Å². The molecule has 0 saturated carbocycles. The first-order valence-corrected chi connectivity index (χ1v) is 9.82. The van der Waals surface area contributed by atoms with Gasteiger partial charge in [-0.05, 0) is 55.5 Å². The average molecular weight is 370 g/mol. The maximum atomic E-state index is 13.3. The van der Waals surface area contributed by atoms with Crippen LogP contribution in [0.5, 0.6) is 0 Å². The van der Waals surface area contributed by atoms with Crippen LogP contribution < -0.4 is 9.80 Å². The summed E-state index contributed by atoms with van der Waals surface area (Å²) in [6.07, 6.45) is 4.63. The number of aromatic nitrogens is 2. The van der Waals surface area contributed by atoms with Crippen molar-refractivity contribution < 1.29 is 4.79 Å². The van der Waals surface area contributed by atoms with E-state index in [2.05, 4.69) is 46.1 Å². The van der Waals surface area contributed by atoms with Crippen LogP contribution in [0.25, 0.3) is 0 Å². The zero-order valence-corrected chi connectivity index (χ0v) is 15.9. The lowest BCUT2D eigenvalue weighted by Gasteiger charge is -2.29. The van der Waals surface area contributed by atoms with Gasteiger partial charge in [-0.2, -0.15) is 0 Å². The second-order valence-corrected chi connectivity index (χ2v) is 7.48. The highest BCUT2D eigenvalue weighted by molar-refractivity contribution is 6.05. The van der Waals surface area contributed by atoms with Crippen molar-refractivity contribution in [3.63, 3.8) is 0 Å². The van der Waals surface area contributed by atoms with Gasteiger partial charge in [-0.25, -0.2) is 9.97 Å². The topological polar surface area (TPSA) is 49.3 Å². The maximum Gasteiger partial charge on any atom is 0.277 e. The highest BCUT2D eigenvalue weighted by Gasteiger charge is 2.30. The molecule has 2 aliphatic heterocycles. The molecular weight excluding hydrogens is 348 g/mol. The number of rotatable bonds is 2. The highest BCUT2D eigenvalue weighted by Crippen LogP contribution is 2.36. The van der Waals surface area contributed by atoms with Crippen molar-refractivity contribution in [2.75, 3.05) is 16.3 Å². The summed E-state index contributed by atoms with van der Waals surface area (Å²) in [6, 6.07) is 18.4. The normalized spacial score (nSPS) is 18.0. The van der Waals surface area contributed by atoms with Crippen LogP contribution in [0, 0.1) is 0 Å². The summed E-state index contributed by atoms with van der Waals surface area (Å²) in [6.45, 7) is 2.89. The Morgan fingerprint density at radius 2 is 1.75 bits per heavy atom. The summed E-state index contributed by atoms with van der Waals surface area (Å²) in [5, 5.41) is 0. The number of hydrogen-bond donors (Lipinski definition) is 0. The monoisotopic (exact) mass is 370 g/mol. The molecule has 1 atom stereocenters. The molecule has 2 aliphatic rings. The van der Waals surface area contributed by atoms with Crippen molar-refractivity contribution in [3.05, 3.63) is 77.6 Å². The van der Waals surface area contributed by atoms with E-state index >= 15 is 0 Å². The van der Waals surface area contributed by atoms with E-state index in [4.69, 9.17) is 0 Å². The van der Waals surface area contributed by atoms with Crippen LogP contribution in [0.1, 0.15) is 35.0 Å². The van der Waals surface area contributed by atoms with Gasteiger partial charge in [0.2, 0.25) is 5.95 Å². The van der Waals surface area contributed by atoms with Crippen molar-refractivity contribution in [1.82, 2.24) is 9.97 Å². The number of para-hydroxylation sites is 2. The van der Waals surface area contributed by atoms with Gasteiger partial charge in [0.1, 0.15) is 5.69 Å². The number of benzene rings is 2. The van der Waals surface area contributed by atoms with Crippen molar-refractivity contribution >= 4 is 23.2 Å². The first kappa shape index (κ1) is 16.9. The second kappa shape index (κ2) is 6.75. The fraction of sp³-hybridized carbons (Fsp3) is 0.261. The van der Waals surface area contributed by atoms with Crippen molar-refractivity contribution in [2.24, 2.45) is 0 Å². The molecule has 0 N–H and O–H groups in total. The molecule has 28 heavy (non-hydrogen) atoms. The van der Waals surface area contributed by atoms with Gasteiger partial charge >= 0.3 is 0 Å². The molecule has 5 rings (SSSR count). The first-order valence-electron chi connectivity index (χ1n) is 9.82. The lowest BCUT2D eigenvalue weighted by Crippen LogP contribution is -2.36. The van der Waals surface area contributed by atoms with Crippen LogP contribution in [-0.2, 0) is 12.8 Å². The predicted molar refractivity (Wildman–Crippen MR) is 110 cm³/mol. The number of amides is 1. The minimum absolute atomic E-state index is 0.0593. The molecule has 5 nitrogen and oxygen atoms in total. The SMILES string of the molecule is CC1Cc2ccccc2N1c1nccc(C(=O)N2CCCc3ccccc32)n1. The Balaban J connectivity index is 1.50. The lowest BCUT2D eigenvalue weighted by atomic mass is 10.0. The molecule has 1 aromatic heterocycles. The summed E-state index contributed by atoms with van der Waals surface area (Å²) in [5.74, 6) is 0.532. The van der Waals surface area contributed by atoms with Crippen LogP contribution in [0.3, 0.4) is 0 Å². The van der Waals surface area contributed by atoms with Crippen molar-refractivity contribution in [3.8, 4) is 0 Å². The molecule has 0 saturated heterocycles. The molecule has 0 fully saturated rings. The van der Waals surface area contributed by atoms with Gasteiger partial charge in [-0.1, -0.05) is 36.4 Å². The van der Waals surface area contributed by atoms with E-state index in [9.17, 15) is 4.79 Å². The van der Waals surface area contributed by atoms with E-state index in [1.54, 1.807) is 12.3 Å². The van der Waals surface area contributed by atoms with E-state index in [1.807, 2.05) is 29.2 Å². The summed E-state index contributed by atoms with van der Waals surface area (Å²) < 4.78 is 0. The number of hydrogen-bond acceptors (Lipinski definition) is 4. The van der Waals surface area contributed by atoms with Gasteiger partial charge in [0.05, 0.1) is 0 Å². The zero-order valence-electron chi connectivity index (χ0n) is 15.9. The standard InChI is InChI=1S/C23H22N4O/c1-16-15-18-8-3-5-11-21(18)27(16)23-24-13-12-19(25-23)22(28)26-14-6-9-17-7-2-4-10-20(17)26/h2-5,7-8,10-13,16H,6,9,14-15H2,1H3. The van der Waals surface area contributed by atoms with E-state index in [0.29, 0.717) is 11.6 Å². The van der Waals surface area contributed by atoms with Gasteiger partial charge in [-0.3, -0.25) is 4.79 Å². The van der Waals surface area contributed by atoms with Gasteiger partial charge in [0.25, 0.3) is 5.91 Å². The van der Waals surface area contributed by atoms with E-state index in [1.165, 1.54) is 11.1 Å². The molecule has 140 valence electrons. The maximum absolute atomic E-state index is 13.3. The number of anilines is 3. The van der Waals surface area contributed by atoms with E-state index < -0.39 is 0 Å². The van der Waals surface area contributed by atoms with E-state index in [-0.39, 0.29) is 11.9 Å². The molecule has 0 spiro atoms. The molecule has 3 heterocycles. The van der Waals surface area contributed by atoms with Crippen LogP contribution in [-0.4, -0.2) is 28.5 Å². The van der Waals surface area contributed by atoms with Gasteiger partial charge in [-0.15, -0.1) is 0 Å². The first-order chi connectivity index (χ1) is 13.7. The average Bonchev–Trinajstić information content (AvgIpc) is 3.08. The largest absolute Gasteiger partial charge is 0.307 e. The molecule has 0 aliphatic carbocycles. The molecule has 2 aromatic carbocycles. The number of fused-ring (bicyclic) bond motifs is 2. The zero-order chi connectivity index (χ0) is 19.1. The molecular formula is C23H22N4O. The smallest absolute Gasteiger partial charge is 0.277 e. The number of nitrogens with zero attached hydrogens (tertiary/aromatic N) is 4. The molecule has 1 unspecified atom stereocenters. The third-order valence-electron chi connectivity index (χ3n) is 5.64.